The Labute approximate surface area is 183 Å². The minimum absolute atomic E-state index is 0.458. The van der Waals surface area contributed by atoms with Crippen molar-refractivity contribution in [2.75, 3.05) is 10.6 Å². The molecule has 6 nitrogen and oxygen atoms in total. The van der Waals surface area contributed by atoms with Crippen molar-refractivity contribution in [3.63, 3.8) is 0 Å². The van der Waals surface area contributed by atoms with Crippen molar-refractivity contribution >= 4 is 51.8 Å². The zero-order valence-corrected chi connectivity index (χ0v) is 18.0. The van der Waals surface area contributed by atoms with Crippen molar-refractivity contribution in [3.8, 4) is 12.1 Å². The summed E-state index contributed by atoms with van der Waals surface area (Å²) in [5.74, 6) is 1.12. The number of nitriles is 2. The van der Waals surface area contributed by atoms with Gasteiger partial charge >= 0.3 is 0 Å². The average molecular weight is 492 g/mol. The Kier molecular flexibility index (Phi) is 6.43. The Bertz CT molecular complexity index is 1150. The second-order valence-corrected chi connectivity index (χ2v) is 7.48. The van der Waals surface area contributed by atoms with E-state index in [9.17, 15) is 0 Å². The average Bonchev–Trinajstić information content (AvgIpc) is 2.69. The highest BCUT2D eigenvalue weighted by molar-refractivity contribution is 14.1. The molecule has 0 aliphatic heterocycles. The molecule has 7 heteroatoms. The molecule has 0 saturated carbocycles. The van der Waals surface area contributed by atoms with E-state index in [1.807, 2.05) is 44.2 Å². The zero-order chi connectivity index (χ0) is 20.8. The summed E-state index contributed by atoms with van der Waals surface area (Å²) in [6, 6.07) is 15.5. The maximum Gasteiger partial charge on any atom is 0.229 e. The van der Waals surface area contributed by atoms with Crippen LogP contribution in [0.15, 0.2) is 48.7 Å². The fraction of sp³-hybridized carbons (Fsp3) is 0.0909. The van der Waals surface area contributed by atoms with Crippen LogP contribution in [0.2, 0.25) is 0 Å². The van der Waals surface area contributed by atoms with Crippen molar-refractivity contribution < 1.29 is 0 Å². The van der Waals surface area contributed by atoms with Crippen LogP contribution in [0.1, 0.15) is 22.3 Å². The van der Waals surface area contributed by atoms with Gasteiger partial charge in [-0.3, -0.25) is 0 Å². The molecular formula is C22H17IN6. The molecule has 2 aromatic carbocycles. The summed E-state index contributed by atoms with van der Waals surface area (Å²) in [6.07, 6.45) is 4.93. The van der Waals surface area contributed by atoms with E-state index in [0.29, 0.717) is 17.3 Å². The molecule has 3 aromatic rings. The topological polar surface area (TPSA) is 97.4 Å². The van der Waals surface area contributed by atoms with E-state index in [1.54, 1.807) is 24.4 Å². The Morgan fingerprint density at radius 3 is 2.45 bits per heavy atom. The first-order valence-corrected chi connectivity index (χ1v) is 9.82. The highest BCUT2D eigenvalue weighted by Crippen LogP contribution is 2.26. The summed E-state index contributed by atoms with van der Waals surface area (Å²) in [5.41, 5.74) is 5.50. The first-order valence-electron chi connectivity index (χ1n) is 8.74. The van der Waals surface area contributed by atoms with Gasteiger partial charge in [-0.1, -0.05) is 0 Å². The predicted octanol–water partition coefficient (Wildman–Crippen LogP) is 5.59. The molecule has 0 aliphatic carbocycles. The summed E-state index contributed by atoms with van der Waals surface area (Å²) in [6.45, 7) is 4.02. The Hall–Kier alpha value is -3.43. The first kappa shape index (κ1) is 20.3. The molecule has 0 unspecified atom stereocenters. The van der Waals surface area contributed by atoms with Crippen LogP contribution < -0.4 is 10.6 Å². The standard InChI is InChI=1S/C22H17IN6/c1-14-10-16(4-3-8-24)11-15(2)21(14)28-20-7-9-26-22(29-20)27-18-6-5-17(13-25)19(23)12-18/h3-7,9-12H,1-2H3,(H2,26,27,28,29)/b4-3+. The molecule has 29 heavy (non-hydrogen) atoms. The number of nitrogens with zero attached hydrogens (tertiary/aromatic N) is 4. The van der Waals surface area contributed by atoms with Crippen molar-refractivity contribution in [1.29, 1.82) is 10.5 Å². The lowest BCUT2D eigenvalue weighted by molar-refractivity contribution is 1.16. The number of hydrogen-bond acceptors (Lipinski definition) is 6. The Balaban J connectivity index is 1.82. The number of halogens is 1. The predicted molar refractivity (Wildman–Crippen MR) is 123 cm³/mol. The molecule has 2 N–H and O–H groups in total. The lowest BCUT2D eigenvalue weighted by Gasteiger charge is -2.14. The number of aromatic nitrogens is 2. The summed E-state index contributed by atoms with van der Waals surface area (Å²) >= 11 is 2.13. The molecule has 0 bridgehead atoms. The lowest BCUT2D eigenvalue weighted by atomic mass is 10.0. The van der Waals surface area contributed by atoms with Crippen molar-refractivity contribution in [2.24, 2.45) is 0 Å². The maximum absolute atomic E-state index is 9.05. The van der Waals surface area contributed by atoms with Crippen LogP contribution in [0.4, 0.5) is 23.1 Å². The Morgan fingerprint density at radius 1 is 1.03 bits per heavy atom. The molecule has 1 heterocycles. The fourth-order valence-electron chi connectivity index (χ4n) is 2.85. The second kappa shape index (κ2) is 9.18. The highest BCUT2D eigenvalue weighted by Gasteiger charge is 2.08. The maximum atomic E-state index is 9.05. The molecule has 142 valence electrons. The number of aryl methyl sites for hydroxylation is 2. The third-order valence-corrected chi connectivity index (χ3v) is 5.05. The monoisotopic (exact) mass is 492 g/mol. The second-order valence-electron chi connectivity index (χ2n) is 6.31. The van der Waals surface area contributed by atoms with Gasteiger partial charge in [0.1, 0.15) is 11.9 Å². The normalized spacial score (nSPS) is 10.4. The fourth-order valence-corrected chi connectivity index (χ4v) is 3.49. The van der Waals surface area contributed by atoms with Crippen LogP contribution in [0.25, 0.3) is 6.08 Å². The van der Waals surface area contributed by atoms with E-state index in [4.69, 9.17) is 10.5 Å². The molecule has 1 aromatic heterocycles. The quantitative estimate of drug-likeness (QED) is 0.356. The number of anilines is 4. The molecule has 3 rings (SSSR count). The van der Waals surface area contributed by atoms with Crippen LogP contribution in [0.3, 0.4) is 0 Å². The third-order valence-electron chi connectivity index (χ3n) is 4.16. The van der Waals surface area contributed by atoms with Crippen LogP contribution in [0.5, 0.6) is 0 Å². The van der Waals surface area contributed by atoms with E-state index in [1.165, 1.54) is 6.08 Å². The van der Waals surface area contributed by atoms with E-state index in [2.05, 4.69) is 49.3 Å². The highest BCUT2D eigenvalue weighted by atomic mass is 127. The SMILES string of the molecule is Cc1cc(/C=C/C#N)cc(C)c1Nc1ccnc(Nc2ccc(C#N)c(I)c2)n1. The number of rotatable bonds is 5. The van der Waals surface area contributed by atoms with Gasteiger partial charge < -0.3 is 10.6 Å². The zero-order valence-electron chi connectivity index (χ0n) is 15.9. The molecular weight excluding hydrogens is 475 g/mol. The van der Waals surface area contributed by atoms with E-state index >= 15 is 0 Å². The van der Waals surface area contributed by atoms with Crippen molar-refractivity contribution in [3.05, 3.63) is 74.5 Å². The number of nitrogens with one attached hydrogen (secondary N) is 2. The van der Waals surface area contributed by atoms with Crippen LogP contribution >= 0.6 is 22.6 Å². The largest absolute Gasteiger partial charge is 0.340 e. The molecule has 0 radical (unpaired) electrons. The summed E-state index contributed by atoms with van der Waals surface area (Å²) in [4.78, 5) is 8.80. The van der Waals surface area contributed by atoms with Gasteiger partial charge in [-0.05, 0) is 95.6 Å². The summed E-state index contributed by atoms with van der Waals surface area (Å²) in [5, 5.41) is 24.3. The third kappa shape index (κ3) is 5.09. The van der Waals surface area contributed by atoms with Gasteiger partial charge in [0.05, 0.1) is 11.6 Å². The van der Waals surface area contributed by atoms with Gasteiger partial charge in [0.2, 0.25) is 5.95 Å². The molecule has 0 fully saturated rings. The Morgan fingerprint density at radius 2 is 1.79 bits per heavy atom. The van der Waals surface area contributed by atoms with Gasteiger partial charge in [-0.2, -0.15) is 15.5 Å². The number of benzene rings is 2. The summed E-state index contributed by atoms with van der Waals surface area (Å²) in [7, 11) is 0. The van der Waals surface area contributed by atoms with Gasteiger partial charge in [-0.25, -0.2) is 4.98 Å². The van der Waals surface area contributed by atoms with Crippen LogP contribution in [-0.4, -0.2) is 9.97 Å². The van der Waals surface area contributed by atoms with E-state index in [0.717, 1.165) is 31.6 Å². The van der Waals surface area contributed by atoms with Gasteiger partial charge in [0, 0.05) is 27.2 Å². The molecule has 0 amide bonds. The lowest BCUT2D eigenvalue weighted by Crippen LogP contribution is -2.03. The first-order chi connectivity index (χ1) is 14.0. The van der Waals surface area contributed by atoms with Crippen LogP contribution in [0, 0.1) is 40.1 Å². The number of allylic oxidation sites excluding steroid dienone is 1. The van der Waals surface area contributed by atoms with Crippen molar-refractivity contribution in [2.45, 2.75) is 13.8 Å². The minimum atomic E-state index is 0.458. The van der Waals surface area contributed by atoms with Gasteiger partial charge in [0.25, 0.3) is 0 Å². The van der Waals surface area contributed by atoms with E-state index in [-0.39, 0.29) is 0 Å². The minimum Gasteiger partial charge on any atom is -0.340 e. The van der Waals surface area contributed by atoms with Crippen molar-refractivity contribution in [1.82, 2.24) is 9.97 Å². The van der Waals surface area contributed by atoms with Gasteiger partial charge in [0.15, 0.2) is 0 Å². The van der Waals surface area contributed by atoms with Gasteiger partial charge in [-0.15, -0.1) is 0 Å². The smallest absolute Gasteiger partial charge is 0.229 e. The summed E-state index contributed by atoms with van der Waals surface area (Å²) < 4.78 is 0.862. The molecule has 0 atom stereocenters. The molecule has 0 aliphatic rings. The molecule has 0 spiro atoms. The van der Waals surface area contributed by atoms with Crippen LogP contribution in [-0.2, 0) is 0 Å². The molecule has 0 saturated heterocycles. The number of hydrogen-bond donors (Lipinski definition) is 2. The van der Waals surface area contributed by atoms with E-state index < -0.39 is 0 Å².